The maximum absolute atomic E-state index is 11.9. The van der Waals surface area contributed by atoms with Crippen LogP contribution in [0.1, 0.15) is 15.9 Å². The van der Waals surface area contributed by atoms with Crippen LogP contribution in [-0.4, -0.2) is 22.9 Å². The van der Waals surface area contributed by atoms with Crippen molar-refractivity contribution in [3.8, 4) is 10.8 Å². The third-order valence-corrected chi connectivity index (χ3v) is 3.88. The Kier molecular flexibility index (Phi) is 3.88. The summed E-state index contributed by atoms with van der Waals surface area (Å²) in [5.74, 6) is -0.662. The Hall–Kier alpha value is -2.67. The van der Waals surface area contributed by atoms with Crippen LogP contribution in [-0.2, 0) is 11.3 Å². The lowest BCUT2D eigenvalue weighted by atomic mass is 10.1. The fourth-order valence-electron chi connectivity index (χ4n) is 1.99. The number of methoxy groups -OCH3 is 1. The molecule has 0 N–H and O–H groups in total. The minimum atomic E-state index is -0.535. The van der Waals surface area contributed by atoms with Gasteiger partial charge in [-0.3, -0.25) is 0 Å². The molecule has 0 aliphatic rings. The normalized spacial score (nSPS) is 10.6. The highest BCUT2D eigenvalue weighted by molar-refractivity contribution is 7.13. The standard InChI is InChI=1S/C15H12N2O4S/c1-20-14(18)11-5-2-4-10(8-11)9-17-15(19)21-13(16-17)12-6-3-7-22-12/h2-8H,9H2,1H3. The van der Waals surface area contributed by atoms with Crippen molar-refractivity contribution in [2.75, 3.05) is 7.11 Å². The third kappa shape index (κ3) is 2.84. The molecule has 2 heterocycles. The highest BCUT2D eigenvalue weighted by Gasteiger charge is 2.12. The summed E-state index contributed by atoms with van der Waals surface area (Å²) in [6, 6.07) is 10.5. The summed E-state index contributed by atoms with van der Waals surface area (Å²) in [5, 5.41) is 6.06. The van der Waals surface area contributed by atoms with Crippen LogP contribution in [0.5, 0.6) is 0 Å². The van der Waals surface area contributed by atoms with Gasteiger partial charge < -0.3 is 9.15 Å². The van der Waals surface area contributed by atoms with Crippen molar-refractivity contribution in [1.29, 1.82) is 0 Å². The van der Waals surface area contributed by atoms with Gasteiger partial charge >= 0.3 is 11.7 Å². The molecule has 3 aromatic rings. The summed E-state index contributed by atoms with van der Waals surface area (Å²) in [5.41, 5.74) is 1.19. The molecule has 0 aliphatic heterocycles. The van der Waals surface area contributed by atoms with E-state index in [2.05, 4.69) is 9.84 Å². The van der Waals surface area contributed by atoms with Crippen LogP contribution >= 0.6 is 11.3 Å². The maximum atomic E-state index is 11.9. The zero-order valence-corrected chi connectivity index (χ0v) is 12.5. The van der Waals surface area contributed by atoms with Crippen molar-refractivity contribution in [1.82, 2.24) is 9.78 Å². The first kappa shape index (κ1) is 14.3. The van der Waals surface area contributed by atoms with E-state index in [1.54, 1.807) is 24.3 Å². The number of benzene rings is 1. The number of esters is 1. The van der Waals surface area contributed by atoms with Gasteiger partial charge in [-0.25, -0.2) is 9.59 Å². The Morgan fingerprint density at radius 3 is 2.95 bits per heavy atom. The van der Waals surface area contributed by atoms with Gasteiger partial charge in [-0.1, -0.05) is 18.2 Å². The highest BCUT2D eigenvalue weighted by atomic mass is 32.1. The van der Waals surface area contributed by atoms with E-state index in [1.165, 1.54) is 23.1 Å². The molecule has 22 heavy (non-hydrogen) atoms. The number of aromatic nitrogens is 2. The van der Waals surface area contributed by atoms with E-state index in [0.29, 0.717) is 11.5 Å². The highest BCUT2D eigenvalue weighted by Crippen LogP contribution is 2.21. The lowest BCUT2D eigenvalue weighted by Crippen LogP contribution is -2.16. The predicted octanol–water partition coefficient (Wildman–Crippen LogP) is 2.40. The summed E-state index contributed by atoms with van der Waals surface area (Å²) in [6.07, 6.45) is 0. The summed E-state index contributed by atoms with van der Waals surface area (Å²) in [7, 11) is 1.32. The van der Waals surface area contributed by atoms with Crippen LogP contribution in [0.2, 0.25) is 0 Å². The van der Waals surface area contributed by atoms with Crippen LogP contribution in [0, 0.1) is 0 Å². The molecule has 0 saturated carbocycles. The van der Waals surface area contributed by atoms with Crippen LogP contribution < -0.4 is 5.76 Å². The van der Waals surface area contributed by atoms with Gasteiger partial charge in [0.05, 0.1) is 24.1 Å². The van der Waals surface area contributed by atoms with Gasteiger partial charge in [-0.2, -0.15) is 4.68 Å². The van der Waals surface area contributed by atoms with Crippen LogP contribution in [0.15, 0.2) is 51.0 Å². The number of carbonyl (C=O) groups excluding carboxylic acids is 1. The number of nitrogens with zero attached hydrogens (tertiary/aromatic N) is 2. The second kappa shape index (κ2) is 5.98. The number of ether oxygens (including phenoxy) is 1. The number of hydrogen-bond donors (Lipinski definition) is 0. The maximum Gasteiger partial charge on any atom is 0.437 e. The molecule has 0 aliphatic carbocycles. The van der Waals surface area contributed by atoms with Gasteiger partial charge in [0.1, 0.15) is 0 Å². The SMILES string of the molecule is COC(=O)c1cccc(Cn2nc(-c3cccs3)oc2=O)c1. The summed E-state index contributed by atoms with van der Waals surface area (Å²) in [6.45, 7) is 0.221. The number of rotatable bonds is 4. The second-order valence-electron chi connectivity index (χ2n) is 4.50. The first-order valence-corrected chi connectivity index (χ1v) is 7.34. The third-order valence-electron chi connectivity index (χ3n) is 3.02. The lowest BCUT2D eigenvalue weighted by Gasteiger charge is -2.03. The molecule has 1 aromatic carbocycles. The largest absolute Gasteiger partial charge is 0.465 e. The molecule has 0 saturated heterocycles. The Labute approximate surface area is 129 Å². The minimum Gasteiger partial charge on any atom is -0.465 e. The first-order valence-electron chi connectivity index (χ1n) is 6.46. The van der Waals surface area contributed by atoms with Crippen molar-refractivity contribution in [2.24, 2.45) is 0 Å². The number of thiophene rings is 1. The van der Waals surface area contributed by atoms with Crippen LogP contribution in [0.4, 0.5) is 0 Å². The van der Waals surface area contributed by atoms with Crippen LogP contribution in [0.3, 0.4) is 0 Å². The molecule has 2 aromatic heterocycles. The fraction of sp³-hybridized carbons (Fsp3) is 0.133. The van der Waals surface area contributed by atoms with Gasteiger partial charge in [0.2, 0.25) is 0 Å². The molecular weight excluding hydrogens is 304 g/mol. The van der Waals surface area contributed by atoms with Crippen molar-refractivity contribution in [2.45, 2.75) is 6.54 Å². The van der Waals surface area contributed by atoms with Crippen molar-refractivity contribution in [3.05, 3.63) is 63.5 Å². The number of hydrogen-bond acceptors (Lipinski definition) is 6. The monoisotopic (exact) mass is 316 g/mol. The molecule has 0 radical (unpaired) electrons. The summed E-state index contributed by atoms with van der Waals surface area (Å²) in [4.78, 5) is 24.2. The van der Waals surface area contributed by atoms with E-state index in [0.717, 1.165) is 10.4 Å². The molecule has 0 spiro atoms. The lowest BCUT2D eigenvalue weighted by molar-refractivity contribution is 0.0600. The summed E-state index contributed by atoms with van der Waals surface area (Å²) >= 11 is 1.44. The van der Waals surface area contributed by atoms with Crippen molar-refractivity contribution < 1.29 is 13.9 Å². The van der Waals surface area contributed by atoms with Gasteiger partial charge in [0, 0.05) is 0 Å². The number of carbonyl (C=O) groups is 1. The van der Waals surface area contributed by atoms with Crippen LogP contribution in [0.25, 0.3) is 10.8 Å². The minimum absolute atomic E-state index is 0.221. The zero-order chi connectivity index (χ0) is 15.5. The van der Waals surface area contributed by atoms with Gasteiger partial charge in [-0.15, -0.1) is 16.4 Å². The van der Waals surface area contributed by atoms with E-state index in [9.17, 15) is 9.59 Å². The molecule has 7 heteroatoms. The Bertz CT molecular complexity index is 849. The van der Waals surface area contributed by atoms with Crippen molar-refractivity contribution in [3.63, 3.8) is 0 Å². The Morgan fingerprint density at radius 1 is 1.36 bits per heavy atom. The first-order chi connectivity index (χ1) is 10.7. The molecule has 0 amide bonds. The Morgan fingerprint density at radius 2 is 2.23 bits per heavy atom. The smallest absolute Gasteiger partial charge is 0.437 e. The molecular formula is C15H12N2O4S. The van der Waals surface area contributed by atoms with E-state index in [1.807, 2.05) is 17.5 Å². The average Bonchev–Trinajstić information content (AvgIpc) is 3.17. The Balaban J connectivity index is 1.88. The molecule has 0 atom stereocenters. The van der Waals surface area contributed by atoms with E-state index < -0.39 is 11.7 Å². The van der Waals surface area contributed by atoms with Gasteiger partial charge in [-0.05, 0) is 29.1 Å². The molecule has 3 rings (SSSR count). The summed E-state index contributed by atoms with van der Waals surface area (Å²) < 4.78 is 11.1. The molecule has 0 fully saturated rings. The van der Waals surface area contributed by atoms with E-state index in [-0.39, 0.29) is 6.54 Å². The zero-order valence-electron chi connectivity index (χ0n) is 11.7. The fourth-order valence-corrected chi connectivity index (χ4v) is 2.64. The quantitative estimate of drug-likeness (QED) is 0.691. The molecule has 6 nitrogen and oxygen atoms in total. The predicted molar refractivity (Wildman–Crippen MR) is 81.0 cm³/mol. The van der Waals surface area contributed by atoms with Crippen molar-refractivity contribution >= 4 is 17.3 Å². The van der Waals surface area contributed by atoms with E-state index >= 15 is 0 Å². The topological polar surface area (TPSA) is 74.3 Å². The second-order valence-corrected chi connectivity index (χ2v) is 5.45. The molecule has 112 valence electrons. The van der Waals surface area contributed by atoms with E-state index in [4.69, 9.17) is 4.42 Å². The molecule has 0 bridgehead atoms. The molecule has 0 unspecified atom stereocenters. The average molecular weight is 316 g/mol. The van der Waals surface area contributed by atoms with Gasteiger partial charge in [0.25, 0.3) is 5.89 Å². The van der Waals surface area contributed by atoms with Gasteiger partial charge in [0.15, 0.2) is 0 Å².